The number of rotatable bonds is 3. The molecular weight excluding hydrogens is 288 g/mol. The van der Waals surface area contributed by atoms with Gasteiger partial charge in [0.2, 0.25) is 0 Å². The van der Waals surface area contributed by atoms with Crippen molar-refractivity contribution >= 4 is 21.6 Å². The minimum absolute atomic E-state index is 0.723. The molecule has 2 aliphatic rings. The Bertz CT molecular complexity index is 492. The van der Waals surface area contributed by atoms with Gasteiger partial charge in [-0.1, -0.05) is 12.5 Å². The first-order valence-electron chi connectivity index (χ1n) is 6.70. The van der Waals surface area contributed by atoms with Gasteiger partial charge in [0.1, 0.15) is 6.07 Å². The van der Waals surface area contributed by atoms with Crippen LogP contribution in [0.5, 0.6) is 0 Å². The molecule has 0 heterocycles. The predicted molar refractivity (Wildman–Crippen MR) is 76.3 cm³/mol. The lowest BCUT2D eigenvalue weighted by Crippen LogP contribution is -2.20. The number of anilines is 1. The van der Waals surface area contributed by atoms with E-state index in [1.54, 1.807) is 0 Å². The molecule has 3 heteroatoms. The van der Waals surface area contributed by atoms with Crippen molar-refractivity contribution in [2.24, 2.45) is 17.8 Å². The maximum atomic E-state index is 9.18. The second kappa shape index (κ2) is 4.93. The minimum atomic E-state index is 0.723. The molecule has 3 unspecified atom stereocenters. The molecular formula is C15H17BrN2. The summed E-state index contributed by atoms with van der Waals surface area (Å²) in [6.45, 7) is 1.02. The van der Waals surface area contributed by atoms with Crippen LogP contribution < -0.4 is 5.32 Å². The van der Waals surface area contributed by atoms with Crippen molar-refractivity contribution in [3.8, 4) is 6.07 Å². The topological polar surface area (TPSA) is 35.8 Å². The van der Waals surface area contributed by atoms with Crippen LogP contribution in [0.15, 0.2) is 22.7 Å². The molecule has 1 aromatic rings. The number of nitriles is 1. The fraction of sp³-hybridized carbons (Fsp3) is 0.533. The van der Waals surface area contributed by atoms with Crippen molar-refractivity contribution in [3.05, 3.63) is 28.2 Å². The highest BCUT2D eigenvalue weighted by Crippen LogP contribution is 2.48. The number of nitrogens with zero attached hydrogens (tertiary/aromatic N) is 1. The number of hydrogen-bond donors (Lipinski definition) is 1. The van der Waals surface area contributed by atoms with Crippen molar-refractivity contribution in [1.82, 2.24) is 0 Å². The number of fused-ring (bicyclic) bond motifs is 2. The Labute approximate surface area is 117 Å². The Balaban J connectivity index is 1.67. The molecule has 94 valence electrons. The molecule has 1 N–H and O–H groups in total. The molecule has 18 heavy (non-hydrogen) atoms. The third kappa shape index (κ3) is 2.14. The Kier molecular flexibility index (Phi) is 3.30. The van der Waals surface area contributed by atoms with E-state index in [0.29, 0.717) is 0 Å². The standard InChI is InChI=1S/C15H17BrN2/c16-14-2-1-3-15(13(14)8-17)18-9-12-7-10-4-5-11(12)6-10/h1-3,10-12,18H,4-7,9H2. The summed E-state index contributed by atoms with van der Waals surface area (Å²) in [5.41, 5.74) is 1.69. The molecule has 0 aliphatic heterocycles. The zero-order valence-corrected chi connectivity index (χ0v) is 11.9. The van der Waals surface area contributed by atoms with E-state index >= 15 is 0 Å². The highest BCUT2D eigenvalue weighted by atomic mass is 79.9. The molecule has 2 fully saturated rings. The average Bonchev–Trinajstić information content (AvgIpc) is 2.98. The summed E-state index contributed by atoms with van der Waals surface area (Å²) in [4.78, 5) is 0. The molecule has 2 nitrogen and oxygen atoms in total. The van der Waals surface area contributed by atoms with Crippen LogP contribution >= 0.6 is 15.9 Å². The first-order valence-corrected chi connectivity index (χ1v) is 7.49. The van der Waals surface area contributed by atoms with Crippen molar-refractivity contribution in [3.63, 3.8) is 0 Å². The SMILES string of the molecule is N#Cc1c(Br)cccc1NCC1CC2CCC1C2. The second-order valence-electron chi connectivity index (χ2n) is 5.59. The summed E-state index contributed by atoms with van der Waals surface area (Å²) in [5.74, 6) is 2.73. The Morgan fingerprint density at radius 1 is 1.33 bits per heavy atom. The third-order valence-corrected chi connectivity index (χ3v) is 5.23. The van der Waals surface area contributed by atoms with Gasteiger partial charge in [0, 0.05) is 11.0 Å². The lowest BCUT2D eigenvalue weighted by Gasteiger charge is -2.22. The van der Waals surface area contributed by atoms with Gasteiger partial charge in [-0.3, -0.25) is 0 Å². The van der Waals surface area contributed by atoms with Crippen molar-refractivity contribution in [1.29, 1.82) is 5.26 Å². The number of benzene rings is 1. The van der Waals surface area contributed by atoms with E-state index in [0.717, 1.165) is 40.0 Å². The van der Waals surface area contributed by atoms with Gasteiger partial charge in [-0.2, -0.15) is 5.26 Å². The molecule has 0 aromatic heterocycles. The summed E-state index contributed by atoms with van der Waals surface area (Å²) in [6, 6.07) is 8.16. The molecule has 2 saturated carbocycles. The van der Waals surface area contributed by atoms with Crippen LogP contribution in [0.2, 0.25) is 0 Å². The minimum Gasteiger partial charge on any atom is -0.384 e. The van der Waals surface area contributed by atoms with E-state index in [1.165, 1.54) is 25.7 Å². The highest BCUT2D eigenvalue weighted by Gasteiger charge is 2.39. The summed E-state index contributed by atoms with van der Waals surface area (Å²) < 4.78 is 0.878. The normalized spacial score (nSPS) is 29.2. The molecule has 3 atom stereocenters. The van der Waals surface area contributed by atoms with Gasteiger partial charge in [-0.25, -0.2) is 0 Å². The third-order valence-electron chi connectivity index (χ3n) is 4.56. The number of hydrogen-bond acceptors (Lipinski definition) is 2. The van der Waals surface area contributed by atoms with E-state index in [9.17, 15) is 5.26 Å². The van der Waals surface area contributed by atoms with Gasteiger partial charge in [-0.15, -0.1) is 0 Å². The van der Waals surface area contributed by atoms with Crippen LogP contribution in [-0.2, 0) is 0 Å². The van der Waals surface area contributed by atoms with Crippen molar-refractivity contribution in [2.45, 2.75) is 25.7 Å². The van der Waals surface area contributed by atoms with Crippen LogP contribution in [0.3, 0.4) is 0 Å². The summed E-state index contributed by atoms with van der Waals surface area (Å²) in [5, 5.41) is 12.7. The van der Waals surface area contributed by atoms with E-state index in [2.05, 4.69) is 27.3 Å². The maximum Gasteiger partial charge on any atom is 0.103 e. The zero-order chi connectivity index (χ0) is 12.5. The fourth-order valence-electron chi connectivity index (χ4n) is 3.65. The largest absolute Gasteiger partial charge is 0.384 e. The first kappa shape index (κ1) is 12.0. The molecule has 0 amide bonds. The quantitative estimate of drug-likeness (QED) is 0.910. The Morgan fingerprint density at radius 2 is 2.22 bits per heavy atom. The highest BCUT2D eigenvalue weighted by molar-refractivity contribution is 9.10. The van der Waals surface area contributed by atoms with E-state index in [1.807, 2.05) is 18.2 Å². The summed E-state index contributed by atoms with van der Waals surface area (Å²) >= 11 is 3.43. The molecule has 0 spiro atoms. The lowest BCUT2D eigenvalue weighted by molar-refractivity contribution is 0.348. The summed E-state index contributed by atoms with van der Waals surface area (Å²) in [6.07, 6.45) is 5.69. The Morgan fingerprint density at radius 3 is 2.89 bits per heavy atom. The van der Waals surface area contributed by atoms with Crippen LogP contribution in [0, 0.1) is 29.1 Å². The maximum absolute atomic E-state index is 9.18. The van der Waals surface area contributed by atoms with Gasteiger partial charge >= 0.3 is 0 Å². The summed E-state index contributed by atoms with van der Waals surface area (Å²) in [7, 11) is 0. The van der Waals surface area contributed by atoms with Crippen LogP contribution in [0.25, 0.3) is 0 Å². The molecule has 1 aromatic carbocycles. The van der Waals surface area contributed by atoms with Crippen LogP contribution in [-0.4, -0.2) is 6.54 Å². The predicted octanol–water partition coefficient (Wildman–Crippen LogP) is 4.17. The molecule has 2 bridgehead atoms. The van der Waals surface area contributed by atoms with Crippen LogP contribution in [0.4, 0.5) is 5.69 Å². The van der Waals surface area contributed by atoms with Crippen molar-refractivity contribution < 1.29 is 0 Å². The lowest BCUT2D eigenvalue weighted by atomic mass is 9.89. The van der Waals surface area contributed by atoms with Gasteiger partial charge in [-0.05, 0) is 65.1 Å². The zero-order valence-electron chi connectivity index (χ0n) is 10.3. The number of halogens is 1. The van der Waals surface area contributed by atoms with Gasteiger partial charge in [0.05, 0.1) is 11.3 Å². The smallest absolute Gasteiger partial charge is 0.103 e. The second-order valence-corrected chi connectivity index (χ2v) is 6.44. The first-order chi connectivity index (χ1) is 8.78. The molecule has 0 saturated heterocycles. The monoisotopic (exact) mass is 304 g/mol. The van der Waals surface area contributed by atoms with E-state index in [4.69, 9.17) is 0 Å². The van der Waals surface area contributed by atoms with E-state index < -0.39 is 0 Å². The fourth-order valence-corrected chi connectivity index (χ4v) is 4.11. The molecule has 3 rings (SSSR count). The van der Waals surface area contributed by atoms with Crippen LogP contribution in [0.1, 0.15) is 31.2 Å². The van der Waals surface area contributed by atoms with Gasteiger partial charge < -0.3 is 5.32 Å². The van der Waals surface area contributed by atoms with E-state index in [-0.39, 0.29) is 0 Å². The molecule has 2 aliphatic carbocycles. The Hall–Kier alpha value is -1.01. The number of nitrogens with one attached hydrogen (secondary N) is 1. The molecule has 0 radical (unpaired) electrons. The average molecular weight is 305 g/mol. The van der Waals surface area contributed by atoms with Crippen molar-refractivity contribution in [2.75, 3.05) is 11.9 Å². The van der Waals surface area contributed by atoms with Gasteiger partial charge in [0.15, 0.2) is 0 Å². The van der Waals surface area contributed by atoms with Gasteiger partial charge in [0.25, 0.3) is 0 Å².